The number of nitrogens with one attached hydrogen (secondary N) is 1. The van der Waals surface area contributed by atoms with Crippen molar-refractivity contribution >= 4 is 5.82 Å². The van der Waals surface area contributed by atoms with Gasteiger partial charge in [0.1, 0.15) is 5.82 Å². The van der Waals surface area contributed by atoms with E-state index >= 15 is 0 Å². The first-order valence-corrected chi connectivity index (χ1v) is 6.34. The molecule has 1 aromatic heterocycles. The Morgan fingerprint density at radius 1 is 1.17 bits per heavy atom. The fraction of sp³-hybridized carbons (Fsp3) is 0.333. The zero-order valence-corrected chi connectivity index (χ0v) is 11.2. The predicted octanol–water partition coefficient (Wildman–Crippen LogP) is 3.58. The molecule has 0 unspecified atom stereocenters. The van der Waals surface area contributed by atoms with E-state index in [2.05, 4.69) is 54.3 Å². The van der Waals surface area contributed by atoms with Gasteiger partial charge in [0.25, 0.3) is 0 Å². The fourth-order valence-electron chi connectivity index (χ4n) is 1.85. The molecule has 1 heterocycles. The molecule has 2 aromatic rings. The van der Waals surface area contributed by atoms with Crippen molar-refractivity contribution in [3.05, 3.63) is 41.7 Å². The zero-order chi connectivity index (χ0) is 13.0. The third-order valence-corrected chi connectivity index (χ3v) is 2.86. The maximum Gasteiger partial charge on any atom is 0.145 e. The van der Waals surface area contributed by atoms with Crippen LogP contribution in [0.2, 0.25) is 0 Å². The Morgan fingerprint density at radius 3 is 2.78 bits per heavy atom. The van der Waals surface area contributed by atoms with Crippen LogP contribution in [-0.2, 0) is 0 Å². The number of hydrogen-bond donors (Lipinski definition) is 1. The molecule has 3 heteroatoms. The average molecular weight is 241 g/mol. The molecular formula is C15H19N3. The maximum absolute atomic E-state index is 4.61. The summed E-state index contributed by atoms with van der Waals surface area (Å²) in [6.45, 7) is 7.25. The van der Waals surface area contributed by atoms with Gasteiger partial charge in [0, 0.05) is 12.1 Å². The summed E-state index contributed by atoms with van der Waals surface area (Å²) in [4.78, 5) is 8.87. The van der Waals surface area contributed by atoms with Gasteiger partial charge in [-0.05, 0) is 31.9 Å². The zero-order valence-electron chi connectivity index (χ0n) is 11.2. The van der Waals surface area contributed by atoms with Gasteiger partial charge in [-0.2, -0.15) is 0 Å². The third-order valence-electron chi connectivity index (χ3n) is 2.86. The summed E-state index contributed by atoms with van der Waals surface area (Å²) in [6.07, 6.45) is 4.67. The molecule has 0 atom stereocenters. The van der Waals surface area contributed by atoms with E-state index in [1.165, 1.54) is 11.1 Å². The molecular weight excluding hydrogens is 222 g/mol. The van der Waals surface area contributed by atoms with Crippen LogP contribution in [0.3, 0.4) is 0 Å². The lowest BCUT2D eigenvalue weighted by molar-refractivity contribution is 0.965. The molecule has 94 valence electrons. The maximum atomic E-state index is 4.61. The van der Waals surface area contributed by atoms with E-state index in [4.69, 9.17) is 0 Å². The van der Waals surface area contributed by atoms with Crippen molar-refractivity contribution in [2.45, 2.75) is 27.2 Å². The van der Waals surface area contributed by atoms with E-state index in [1.807, 2.05) is 6.20 Å². The van der Waals surface area contributed by atoms with Crippen LogP contribution in [0, 0.1) is 13.8 Å². The Kier molecular flexibility index (Phi) is 3.92. The smallest absolute Gasteiger partial charge is 0.145 e. The Labute approximate surface area is 108 Å². The van der Waals surface area contributed by atoms with E-state index in [1.54, 1.807) is 6.20 Å². The van der Waals surface area contributed by atoms with Gasteiger partial charge in [0.05, 0.1) is 18.1 Å². The highest BCUT2D eigenvalue weighted by molar-refractivity contribution is 5.64. The Bertz CT molecular complexity index is 535. The van der Waals surface area contributed by atoms with Crippen LogP contribution < -0.4 is 5.32 Å². The molecule has 0 fully saturated rings. The minimum atomic E-state index is 0.843. The van der Waals surface area contributed by atoms with Crippen molar-refractivity contribution in [1.29, 1.82) is 0 Å². The molecule has 0 aliphatic heterocycles. The van der Waals surface area contributed by atoms with Crippen LogP contribution >= 0.6 is 0 Å². The van der Waals surface area contributed by atoms with Crippen molar-refractivity contribution in [3.63, 3.8) is 0 Å². The number of nitrogens with zero attached hydrogens (tertiary/aromatic N) is 2. The minimum absolute atomic E-state index is 0.843. The van der Waals surface area contributed by atoms with Gasteiger partial charge in [0.2, 0.25) is 0 Å². The molecule has 0 spiro atoms. The van der Waals surface area contributed by atoms with Gasteiger partial charge < -0.3 is 5.32 Å². The molecule has 0 amide bonds. The highest BCUT2D eigenvalue weighted by Crippen LogP contribution is 2.23. The second-order valence-corrected chi connectivity index (χ2v) is 4.53. The lowest BCUT2D eigenvalue weighted by atomic mass is 10.0. The van der Waals surface area contributed by atoms with Crippen LogP contribution in [0.15, 0.2) is 30.6 Å². The van der Waals surface area contributed by atoms with Gasteiger partial charge in [-0.15, -0.1) is 0 Å². The van der Waals surface area contributed by atoms with Gasteiger partial charge in [-0.3, -0.25) is 4.98 Å². The van der Waals surface area contributed by atoms with Gasteiger partial charge in [0.15, 0.2) is 0 Å². The van der Waals surface area contributed by atoms with E-state index in [9.17, 15) is 0 Å². The largest absolute Gasteiger partial charge is 0.369 e. The molecule has 18 heavy (non-hydrogen) atoms. The summed E-state index contributed by atoms with van der Waals surface area (Å²) in [5.74, 6) is 0.843. The first kappa shape index (κ1) is 12.6. The molecule has 0 saturated carbocycles. The lowest BCUT2D eigenvalue weighted by Crippen LogP contribution is -2.03. The van der Waals surface area contributed by atoms with E-state index in [-0.39, 0.29) is 0 Å². The number of aryl methyl sites for hydroxylation is 2. The van der Waals surface area contributed by atoms with E-state index in [0.29, 0.717) is 0 Å². The van der Waals surface area contributed by atoms with Crippen molar-refractivity contribution in [2.24, 2.45) is 0 Å². The molecule has 0 bridgehead atoms. The summed E-state index contributed by atoms with van der Waals surface area (Å²) >= 11 is 0. The standard InChI is InChI=1S/C15H19N3/c1-4-7-17-15-10-16-9-14(18-15)13-8-11(2)5-6-12(13)3/h5-6,8-10H,4,7H2,1-3H3,(H,17,18). The SMILES string of the molecule is CCCNc1cncc(-c2cc(C)ccc2C)n1. The highest BCUT2D eigenvalue weighted by atomic mass is 15.0. The molecule has 0 radical (unpaired) electrons. The number of benzene rings is 1. The van der Waals surface area contributed by atoms with Crippen LogP contribution in [0.5, 0.6) is 0 Å². The van der Waals surface area contributed by atoms with E-state index < -0.39 is 0 Å². The first-order chi connectivity index (χ1) is 8.70. The predicted molar refractivity (Wildman–Crippen MR) is 75.7 cm³/mol. The molecule has 2 rings (SSSR count). The van der Waals surface area contributed by atoms with Crippen LogP contribution in [0.25, 0.3) is 11.3 Å². The van der Waals surface area contributed by atoms with Crippen LogP contribution in [0.4, 0.5) is 5.82 Å². The Hall–Kier alpha value is -1.90. The quantitative estimate of drug-likeness (QED) is 0.889. The van der Waals surface area contributed by atoms with Crippen LogP contribution in [0.1, 0.15) is 24.5 Å². The summed E-state index contributed by atoms with van der Waals surface area (Å²) in [6, 6.07) is 6.40. The van der Waals surface area contributed by atoms with E-state index in [0.717, 1.165) is 30.0 Å². The molecule has 0 saturated heterocycles. The number of rotatable bonds is 4. The monoisotopic (exact) mass is 241 g/mol. The second-order valence-electron chi connectivity index (χ2n) is 4.53. The first-order valence-electron chi connectivity index (χ1n) is 6.34. The topological polar surface area (TPSA) is 37.8 Å². The third kappa shape index (κ3) is 2.86. The Balaban J connectivity index is 2.35. The van der Waals surface area contributed by atoms with Gasteiger partial charge >= 0.3 is 0 Å². The van der Waals surface area contributed by atoms with Crippen molar-refractivity contribution in [3.8, 4) is 11.3 Å². The summed E-state index contributed by atoms with van der Waals surface area (Å²) < 4.78 is 0. The second kappa shape index (κ2) is 5.63. The Morgan fingerprint density at radius 2 is 2.00 bits per heavy atom. The number of hydrogen-bond acceptors (Lipinski definition) is 3. The van der Waals surface area contributed by atoms with Gasteiger partial charge in [-0.25, -0.2) is 4.98 Å². The molecule has 1 aromatic carbocycles. The molecule has 0 aliphatic carbocycles. The van der Waals surface area contributed by atoms with Crippen molar-refractivity contribution in [2.75, 3.05) is 11.9 Å². The summed E-state index contributed by atoms with van der Waals surface area (Å²) in [7, 11) is 0. The van der Waals surface area contributed by atoms with Crippen LogP contribution in [-0.4, -0.2) is 16.5 Å². The van der Waals surface area contributed by atoms with Crippen molar-refractivity contribution in [1.82, 2.24) is 9.97 Å². The van der Waals surface area contributed by atoms with Crippen molar-refractivity contribution < 1.29 is 0 Å². The lowest BCUT2D eigenvalue weighted by Gasteiger charge is -2.08. The highest BCUT2D eigenvalue weighted by Gasteiger charge is 2.05. The fourth-order valence-corrected chi connectivity index (χ4v) is 1.85. The summed E-state index contributed by atoms with van der Waals surface area (Å²) in [5, 5.41) is 3.26. The molecule has 1 N–H and O–H groups in total. The van der Waals surface area contributed by atoms with Gasteiger partial charge in [-0.1, -0.05) is 24.6 Å². The average Bonchev–Trinajstić information content (AvgIpc) is 2.39. The minimum Gasteiger partial charge on any atom is -0.369 e. The normalized spacial score (nSPS) is 10.4. The number of aromatic nitrogens is 2. The number of anilines is 1. The summed E-state index contributed by atoms with van der Waals surface area (Å²) in [5.41, 5.74) is 4.55. The molecule has 0 aliphatic rings. The molecule has 3 nitrogen and oxygen atoms in total.